The summed E-state index contributed by atoms with van der Waals surface area (Å²) in [6.07, 6.45) is 0. The maximum Gasteiger partial charge on any atom is 0.252 e. The van der Waals surface area contributed by atoms with Crippen molar-refractivity contribution in [2.24, 2.45) is 0 Å². The Morgan fingerprint density at radius 1 is 0.258 bits per heavy atom. The van der Waals surface area contributed by atoms with Crippen molar-refractivity contribution < 1.29 is 0 Å². The summed E-state index contributed by atoms with van der Waals surface area (Å²) >= 11 is 0. The summed E-state index contributed by atoms with van der Waals surface area (Å²) < 4.78 is 5.02. The zero-order valence-corrected chi connectivity index (χ0v) is 56.6. The number of nitrogens with zero attached hydrogens (tertiary/aromatic N) is 4. The van der Waals surface area contributed by atoms with Gasteiger partial charge in [-0.2, -0.15) is 0 Å². The fourth-order valence-corrected chi connectivity index (χ4v) is 16.3. The average molecular weight is 1250 g/mol. The first kappa shape index (κ1) is 58.4. The maximum absolute atomic E-state index is 2.69. The van der Waals surface area contributed by atoms with Crippen molar-refractivity contribution in [2.45, 2.75) is 78.6 Å². The Balaban J connectivity index is 0.973. The molecule has 5 heteroatoms. The molecule has 0 unspecified atom stereocenters. The van der Waals surface area contributed by atoms with Crippen LogP contribution in [0.3, 0.4) is 0 Å². The van der Waals surface area contributed by atoms with Crippen LogP contribution in [0.4, 0.5) is 34.1 Å². The molecule has 97 heavy (non-hydrogen) atoms. The number of aromatic nitrogens is 2. The van der Waals surface area contributed by atoms with Gasteiger partial charge in [-0.15, -0.1) is 0 Å². The summed E-state index contributed by atoms with van der Waals surface area (Å²) in [7, 11) is 0. The topological polar surface area (TPSA) is 16.3 Å². The average Bonchev–Trinajstić information content (AvgIpc) is 1.09. The molecule has 0 radical (unpaired) electrons. The quantitative estimate of drug-likeness (QED) is 0.117. The van der Waals surface area contributed by atoms with E-state index >= 15 is 0 Å². The lowest BCUT2D eigenvalue weighted by Gasteiger charge is -2.46. The number of rotatable bonds is 7. The van der Waals surface area contributed by atoms with E-state index in [1.807, 2.05) is 0 Å². The molecular weight excluding hydrogens is 1170 g/mol. The molecule has 0 atom stereocenters. The van der Waals surface area contributed by atoms with Crippen molar-refractivity contribution in [3.05, 3.63) is 308 Å². The zero-order chi connectivity index (χ0) is 65.8. The monoisotopic (exact) mass is 1250 g/mol. The van der Waals surface area contributed by atoms with Crippen LogP contribution in [0.25, 0.3) is 110 Å². The summed E-state index contributed by atoms with van der Waals surface area (Å²) in [6.45, 7) is 21.0. The SMILES string of the molecule is CC(C)(C)c1ccc(N2c3cc(-c4c5ccccc5c(-n5c6ccccc6c6ccccc65)c5ccccc45)ccc3B3c4ccc(-n5c6ccccc6c6ccccc65)cc4N(c4ccc(C(C)(C)C)cc4-c4ccccc4)c4cc(C(C)(C)C)cc2c43)c(-c2ccccc2)c1. The highest BCUT2D eigenvalue weighted by atomic mass is 15.2. The summed E-state index contributed by atoms with van der Waals surface area (Å²) in [5.74, 6) is 0. The Bertz CT molecular complexity index is 5740. The molecule has 16 aromatic rings. The second-order valence-electron chi connectivity index (χ2n) is 30.0. The van der Waals surface area contributed by atoms with Gasteiger partial charge in [0.15, 0.2) is 0 Å². The number of benzene rings is 14. The van der Waals surface area contributed by atoms with Crippen LogP contribution in [0.2, 0.25) is 0 Å². The first-order valence-corrected chi connectivity index (χ1v) is 34.4. The van der Waals surface area contributed by atoms with Gasteiger partial charge in [0.05, 0.1) is 39.1 Å². The van der Waals surface area contributed by atoms with Crippen molar-refractivity contribution in [3.63, 3.8) is 0 Å². The zero-order valence-electron chi connectivity index (χ0n) is 56.6. The van der Waals surface area contributed by atoms with E-state index in [1.54, 1.807) is 0 Å². The lowest BCUT2D eigenvalue weighted by molar-refractivity contribution is 0.590. The molecule has 0 spiro atoms. The van der Waals surface area contributed by atoms with Crippen LogP contribution in [0.15, 0.2) is 291 Å². The van der Waals surface area contributed by atoms with Crippen molar-refractivity contribution in [1.29, 1.82) is 0 Å². The van der Waals surface area contributed by atoms with Gasteiger partial charge in [-0.1, -0.05) is 275 Å². The molecule has 0 saturated carbocycles. The minimum Gasteiger partial charge on any atom is -0.311 e. The van der Waals surface area contributed by atoms with E-state index in [1.165, 1.54) is 149 Å². The summed E-state index contributed by atoms with van der Waals surface area (Å²) in [6, 6.07) is 111. The van der Waals surface area contributed by atoms with Gasteiger partial charge < -0.3 is 18.9 Å². The number of hydrogen-bond acceptors (Lipinski definition) is 2. The molecule has 0 saturated heterocycles. The molecule has 0 bridgehead atoms. The van der Waals surface area contributed by atoms with Crippen LogP contribution in [-0.4, -0.2) is 15.8 Å². The predicted octanol–water partition coefficient (Wildman–Crippen LogP) is 23.2. The lowest BCUT2D eigenvalue weighted by atomic mass is 9.33. The predicted molar refractivity (Wildman–Crippen MR) is 417 cm³/mol. The van der Waals surface area contributed by atoms with Gasteiger partial charge in [0, 0.05) is 71.9 Å². The van der Waals surface area contributed by atoms with E-state index in [2.05, 4.69) is 372 Å². The fraction of sp³-hybridized carbons (Fsp3) is 0.130. The molecule has 4 heterocycles. The van der Waals surface area contributed by atoms with Crippen LogP contribution in [-0.2, 0) is 16.2 Å². The number of hydrogen-bond donors (Lipinski definition) is 0. The molecule has 2 aromatic heterocycles. The minimum atomic E-state index is -0.266. The second-order valence-corrected chi connectivity index (χ2v) is 30.0. The van der Waals surface area contributed by atoms with Crippen LogP contribution >= 0.6 is 0 Å². The maximum atomic E-state index is 2.69. The Labute approximate surface area is 569 Å². The summed E-state index contributed by atoms with van der Waals surface area (Å²) in [5, 5.41) is 9.81. The van der Waals surface area contributed by atoms with Gasteiger partial charge in [0.2, 0.25) is 0 Å². The van der Waals surface area contributed by atoms with Crippen LogP contribution in [0.5, 0.6) is 0 Å². The second kappa shape index (κ2) is 21.7. The summed E-state index contributed by atoms with van der Waals surface area (Å²) in [4.78, 5) is 5.35. The third kappa shape index (κ3) is 9.11. The van der Waals surface area contributed by atoms with Gasteiger partial charge >= 0.3 is 0 Å². The Hall–Kier alpha value is -11.1. The van der Waals surface area contributed by atoms with E-state index in [9.17, 15) is 0 Å². The van der Waals surface area contributed by atoms with E-state index < -0.39 is 0 Å². The molecule has 2 aliphatic heterocycles. The van der Waals surface area contributed by atoms with Crippen LogP contribution in [0.1, 0.15) is 79.0 Å². The number of fused-ring (bicyclic) bond motifs is 12. The normalized spacial score (nSPS) is 13.1. The Morgan fingerprint density at radius 3 is 1.06 bits per heavy atom. The highest BCUT2D eigenvalue weighted by molar-refractivity contribution is 7.00. The molecule has 0 fully saturated rings. The largest absolute Gasteiger partial charge is 0.311 e. The molecule has 4 nitrogen and oxygen atoms in total. The molecule has 2 aliphatic rings. The number of para-hydroxylation sites is 4. The molecular formula is C92H75BN4. The van der Waals surface area contributed by atoms with Crippen molar-refractivity contribution in [2.75, 3.05) is 9.80 Å². The highest BCUT2D eigenvalue weighted by Crippen LogP contribution is 2.53. The lowest BCUT2D eigenvalue weighted by Crippen LogP contribution is -2.61. The van der Waals surface area contributed by atoms with Crippen LogP contribution < -0.4 is 26.2 Å². The Kier molecular flexibility index (Phi) is 13.1. The van der Waals surface area contributed by atoms with E-state index in [0.717, 1.165) is 28.4 Å². The molecule has 14 aromatic carbocycles. The van der Waals surface area contributed by atoms with Crippen molar-refractivity contribution in [3.8, 4) is 44.8 Å². The third-order valence-electron chi connectivity index (χ3n) is 21.1. The highest BCUT2D eigenvalue weighted by Gasteiger charge is 2.46. The third-order valence-corrected chi connectivity index (χ3v) is 21.1. The molecule has 0 aliphatic carbocycles. The van der Waals surface area contributed by atoms with Gasteiger partial charge in [0.25, 0.3) is 6.71 Å². The van der Waals surface area contributed by atoms with E-state index in [0.29, 0.717) is 0 Å². The van der Waals surface area contributed by atoms with Gasteiger partial charge in [-0.25, -0.2) is 0 Å². The molecule has 0 N–H and O–H groups in total. The fourth-order valence-electron chi connectivity index (χ4n) is 16.3. The first-order chi connectivity index (χ1) is 47.1. The minimum absolute atomic E-state index is 0.100. The van der Waals surface area contributed by atoms with Crippen molar-refractivity contribution in [1.82, 2.24) is 9.13 Å². The van der Waals surface area contributed by atoms with E-state index in [4.69, 9.17) is 0 Å². The molecule has 18 rings (SSSR count). The standard InChI is InChI=1S/C92H75BN4/c1-90(2,3)61-45-50-81(73(53-61)58-28-12-10-13-29-58)95-83-52-60(87-69-36-16-18-38-71(69)89(72-39-19-17-37-70(72)87)97-79-42-26-22-34-67(79)68-35-23-27-43-80(68)97)44-48-75(83)93-76-49-47-64(94-77-40-24-20-32-65(77)66-33-21-25-41-78(66)94)57-84(76)96(86-56-63(92(7,8)9)55-85(95)88(86)93)82-51-46-62(91(4,5)6)54-74(82)59-30-14-11-15-31-59/h10-57H,1-9H3. The van der Waals surface area contributed by atoms with Gasteiger partial charge in [-0.3, -0.25) is 0 Å². The van der Waals surface area contributed by atoms with Gasteiger partial charge in [0.1, 0.15) is 0 Å². The van der Waals surface area contributed by atoms with Crippen LogP contribution in [0, 0.1) is 0 Å². The van der Waals surface area contributed by atoms with Crippen molar-refractivity contribution >= 4 is 122 Å². The Morgan fingerprint density at radius 2 is 0.629 bits per heavy atom. The first-order valence-electron chi connectivity index (χ1n) is 34.4. The van der Waals surface area contributed by atoms with E-state index in [-0.39, 0.29) is 23.0 Å². The molecule has 466 valence electrons. The smallest absolute Gasteiger partial charge is 0.252 e. The summed E-state index contributed by atoms with van der Waals surface area (Å²) in [5.41, 5.74) is 28.3. The molecule has 0 amide bonds. The number of anilines is 6. The van der Waals surface area contributed by atoms with Gasteiger partial charge in [-0.05, 0) is 161 Å².